The molecule has 32 heavy (non-hydrogen) atoms. The van der Waals surface area contributed by atoms with Crippen molar-refractivity contribution in [2.45, 2.75) is 12.8 Å². The van der Waals surface area contributed by atoms with Crippen molar-refractivity contribution in [2.75, 3.05) is 18.5 Å². The molecular formula is C25H21N3O4. The maximum atomic E-state index is 12.7. The molecule has 0 unspecified atom stereocenters. The van der Waals surface area contributed by atoms with Gasteiger partial charge < -0.3 is 14.0 Å². The number of hydrogen-bond donors (Lipinski definition) is 1. The SMILES string of the molecule is O=C(CCc1ccccc1)Nc1onc(-c2ccc3c(c2)OCCO3)c1-c1ccncc1. The molecule has 0 saturated carbocycles. The van der Waals surface area contributed by atoms with Gasteiger partial charge in [-0.15, -0.1) is 0 Å². The third kappa shape index (κ3) is 4.18. The third-order valence-corrected chi connectivity index (χ3v) is 5.21. The number of ether oxygens (including phenoxy) is 2. The molecule has 0 bridgehead atoms. The molecule has 0 spiro atoms. The van der Waals surface area contributed by atoms with Crippen molar-refractivity contribution >= 4 is 11.8 Å². The second kappa shape index (κ2) is 8.93. The average molecular weight is 427 g/mol. The third-order valence-electron chi connectivity index (χ3n) is 5.21. The number of aromatic nitrogens is 2. The summed E-state index contributed by atoms with van der Waals surface area (Å²) in [5, 5.41) is 7.16. The van der Waals surface area contributed by atoms with Crippen LogP contribution in [0.5, 0.6) is 11.5 Å². The van der Waals surface area contributed by atoms with Gasteiger partial charge >= 0.3 is 0 Å². The van der Waals surface area contributed by atoms with Gasteiger partial charge in [0, 0.05) is 24.4 Å². The molecule has 1 aliphatic heterocycles. The molecule has 0 saturated heterocycles. The van der Waals surface area contributed by atoms with Gasteiger partial charge in [-0.2, -0.15) is 0 Å². The Balaban J connectivity index is 1.45. The van der Waals surface area contributed by atoms with E-state index in [1.807, 2.05) is 60.7 Å². The van der Waals surface area contributed by atoms with Crippen LogP contribution >= 0.6 is 0 Å². The Bertz CT molecular complexity index is 1220. The number of pyridine rings is 1. The van der Waals surface area contributed by atoms with Crippen LogP contribution in [0.3, 0.4) is 0 Å². The van der Waals surface area contributed by atoms with Crippen LogP contribution in [0.2, 0.25) is 0 Å². The molecule has 0 atom stereocenters. The molecule has 2 aromatic heterocycles. The fourth-order valence-electron chi connectivity index (χ4n) is 3.64. The van der Waals surface area contributed by atoms with Crippen molar-refractivity contribution in [3.63, 3.8) is 0 Å². The van der Waals surface area contributed by atoms with Gasteiger partial charge in [-0.1, -0.05) is 35.5 Å². The van der Waals surface area contributed by atoms with Gasteiger partial charge in [0.05, 0.1) is 5.56 Å². The Labute approximate surface area is 185 Å². The quantitative estimate of drug-likeness (QED) is 0.478. The lowest BCUT2D eigenvalue weighted by Gasteiger charge is -2.18. The number of nitrogens with one attached hydrogen (secondary N) is 1. The normalized spacial score (nSPS) is 12.4. The molecule has 7 nitrogen and oxygen atoms in total. The summed E-state index contributed by atoms with van der Waals surface area (Å²) in [4.78, 5) is 16.8. The zero-order valence-corrected chi connectivity index (χ0v) is 17.3. The molecule has 5 rings (SSSR count). The second-order valence-electron chi connectivity index (χ2n) is 7.36. The predicted molar refractivity (Wildman–Crippen MR) is 120 cm³/mol. The smallest absolute Gasteiger partial charge is 0.239 e. The molecule has 1 aliphatic rings. The van der Waals surface area contributed by atoms with Crippen LogP contribution in [0.15, 0.2) is 77.6 Å². The Hall–Kier alpha value is -4.13. The number of anilines is 1. The number of nitrogens with zero attached hydrogens (tertiary/aromatic N) is 2. The van der Waals surface area contributed by atoms with Gasteiger partial charge in [0.2, 0.25) is 11.8 Å². The number of benzene rings is 2. The summed E-state index contributed by atoms with van der Waals surface area (Å²) in [7, 11) is 0. The highest BCUT2D eigenvalue weighted by Crippen LogP contribution is 2.41. The minimum Gasteiger partial charge on any atom is -0.486 e. The highest BCUT2D eigenvalue weighted by molar-refractivity contribution is 5.97. The summed E-state index contributed by atoms with van der Waals surface area (Å²) in [5.74, 6) is 1.52. The van der Waals surface area contributed by atoms with Crippen molar-refractivity contribution in [3.8, 4) is 33.9 Å². The topological polar surface area (TPSA) is 86.5 Å². The highest BCUT2D eigenvalue weighted by atomic mass is 16.6. The average Bonchev–Trinajstić information content (AvgIpc) is 3.27. The minimum absolute atomic E-state index is 0.144. The lowest BCUT2D eigenvalue weighted by atomic mass is 10.0. The van der Waals surface area contributed by atoms with E-state index in [0.29, 0.717) is 54.7 Å². The van der Waals surface area contributed by atoms with Crippen LogP contribution in [-0.2, 0) is 11.2 Å². The number of rotatable bonds is 6. The van der Waals surface area contributed by atoms with Crippen LogP contribution in [0.25, 0.3) is 22.4 Å². The molecule has 3 heterocycles. The van der Waals surface area contributed by atoms with Crippen molar-refractivity contribution in [3.05, 3.63) is 78.6 Å². The minimum atomic E-state index is -0.144. The number of carbonyl (C=O) groups excluding carboxylic acids is 1. The number of hydrogen-bond acceptors (Lipinski definition) is 6. The Kier molecular flexibility index (Phi) is 5.53. The van der Waals surface area contributed by atoms with Gasteiger partial charge in [0.15, 0.2) is 11.5 Å². The van der Waals surface area contributed by atoms with Gasteiger partial charge in [-0.25, -0.2) is 0 Å². The second-order valence-corrected chi connectivity index (χ2v) is 7.36. The van der Waals surface area contributed by atoms with Crippen LogP contribution in [0, 0.1) is 0 Å². The maximum Gasteiger partial charge on any atom is 0.239 e. The zero-order chi connectivity index (χ0) is 21.8. The summed E-state index contributed by atoms with van der Waals surface area (Å²) in [6, 6.07) is 19.2. The number of amides is 1. The van der Waals surface area contributed by atoms with E-state index in [2.05, 4.69) is 15.5 Å². The van der Waals surface area contributed by atoms with E-state index in [-0.39, 0.29) is 5.91 Å². The lowest BCUT2D eigenvalue weighted by molar-refractivity contribution is -0.116. The van der Waals surface area contributed by atoms with Gasteiger partial charge in [0.25, 0.3) is 0 Å². The molecule has 0 fully saturated rings. The van der Waals surface area contributed by atoms with Crippen LogP contribution in [0.1, 0.15) is 12.0 Å². The largest absolute Gasteiger partial charge is 0.486 e. The number of carbonyl (C=O) groups is 1. The standard InChI is InChI=1S/C25H21N3O4/c29-22(9-6-17-4-2-1-3-5-17)27-25-23(18-10-12-26-13-11-18)24(28-32-25)19-7-8-20-21(16-19)31-15-14-30-20/h1-5,7-8,10-13,16H,6,9,14-15H2,(H,27,29). The van der Waals surface area contributed by atoms with Crippen molar-refractivity contribution in [2.24, 2.45) is 0 Å². The lowest BCUT2D eigenvalue weighted by Crippen LogP contribution is -2.15. The van der Waals surface area contributed by atoms with Crippen molar-refractivity contribution in [1.82, 2.24) is 10.1 Å². The monoisotopic (exact) mass is 427 g/mol. The van der Waals surface area contributed by atoms with E-state index in [1.54, 1.807) is 12.4 Å². The summed E-state index contributed by atoms with van der Waals surface area (Å²) in [6.45, 7) is 1.02. The summed E-state index contributed by atoms with van der Waals surface area (Å²) in [6.07, 6.45) is 4.36. The maximum absolute atomic E-state index is 12.7. The molecule has 1 N–H and O–H groups in total. The molecule has 7 heteroatoms. The Morgan fingerprint density at radius 3 is 2.50 bits per heavy atom. The van der Waals surface area contributed by atoms with E-state index in [4.69, 9.17) is 14.0 Å². The van der Waals surface area contributed by atoms with Gasteiger partial charge in [-0.3, -0.25) is 15.1 Å². The molecule has 4 aromatic rings. The molecule has 1 amide bonds. The fourth-order valence-corrected chi connectivity index (χ4v) is 3.64. The van der Waals surface area contributed by atoms with Crippen molar-refractivity contribution < 1.29 is 18.8 Å². The summed E-state index contributed by atoms with van der Waals surface area (Å²) < 4.78 is 16.9. The number of fused-ring (bicyclic) bond motifs is 1. The van der Waals surface area contributed by atoms with Crippen molar-refractivity contribution in [1.29, 1.82) is 0 Å². The van der Waals surface area contributed by atoms with Gasteiger partial charge in [0.1, 0.15) is 18.9 Å². The first kappa shape index (κ1) is 19.8. The first-order valence-corrected chi connectivity index (χ1v) is 10.4. The van der Waals surface area contributed by atoms with E-state index >= 15 is 0 Å². The predicted octanol–water partition coefficient (Wildman–Crippen LogP) is 4.75. The van der Waals surface area contributed by atoms with E-state index < -0.39 is 0 Å². The molecule has 0 aliphatic carbocycles. The first-order valence-electron chi connectivity index (χ1n) is 10.4. The Morgan fingerprint density at radius 2 is 1.69 bits per heavy atom. The van der Waals surface area contributed by atoms with Crippen LogP contribution in [-0.4, -0.2) is 29.3 Å². The van der Waals surface area contributed by atoms with E-state index in [1.165, 1.54) is 0 Å². The Morgan fingerprint density at radius 1 is 0.906 bits per heavy atom. The van der Waals surface area contributed by atoms with E-state index in [0.717, 1.165) is 16.7 Å². The van der Waals surface area contributed by atoms with Gasteiger partial charge in [-0.05, 0) is 47.9 Å². The molecule has 2 aromatic carbocycles. The zero-order valence-electron chi connectivity index (χ0n) is 17.3. The van der Waals surface area contributed by atoms with E-state index in [9.17, 15) is 4.79 Å². The highest BCUT2D eigenvalue weighted by Gasteiger charge is 2.23. The van der Waals surface area contributed by atoms with Crippen LogP contribution < -0.4 is 14.8 Å². The first-order chi connectivity index (χ1) is 15.8. The summed E-state index contributed by atoms with van der Waals surface area (Å²) in [5.41, 5.74) is 4.04. The summed E-state index contributed by atoms with van der Waals surface area (Å²) >= 11 is 0. The molecular weight excluding hydrogens is 406 g/mol. The molecule has 0 radical (unpaired) electrons. The molecule has 160 valence electrons. The fraction of sp³-hybridized carbons (Fsp3) is 0.160. The van der Waals surface area contributed by atoms with Crippen LogP contribution in [0.4, 0.5) is 5.88 Å². The number of aryl methyl sites for hydroxylation is 1.